The van der Waals surface area contributed by atoms with Gasteiger partial charge in [0.25, 0.3) is 0 Å². The summed E-state index contributed by atoms with van der Waals surface area (Å²) in [6, 6.07) is 0. The van der Waals surface area contributed by atoms with Crippen LogP contribution in [0.25, 0.3) is 0 Å². The summed E-state index contributed by atoms with van der Waals surface area (Å²) in [6.45, 7) is 5.97. The zero-order chi connectivity index (χ0) is 12.4. The molecular formula is C11H20O5. The number of rotatable bonds is 7. The minimum Gasteiger partial charge on any atom is -0.466 e. The fraction of sp³-hybridized carbons (Fsp3) is 0.818. The Bertz CT molecular complexity index is 194. The first kappa shape index (κ1) is 14.7. The van der Waals surface area contributed by atoms with Crippen LogP contribution in [0, 0.1) is 0 Å². The highest BCUT2D eigenvalue weighted by Gasteiger charge is 2.18. The Morgan fingerprint density at radius 1 is 1.06 bits per heavy atom. The van der Waals surface area contributed by atoms with Crippen LogP contribution in [0.5, 0.6) is 0 Å². The molecule has 0 aromatic carbocycles. The van der Waals surface area contributed by atoms with Crippen LogP contribution in [-0.4, -0.2) is 31.4 Å². The van der Waals surface area contributed by atoms with Crippen molar-refractivity contribution in [3.8, 4) is 0 Å². The molecular weight excluding hydrogens is 212 g/mol. The molecule has 94 valence electrons. The van der Waals surface area contributed by atoms with Crippen molar-refractivity contribution in [1.82, 2.24) is 0 Å². The number of ether oxygens (including phenoxy) is 3. The SMILES string of the molecule is CCCC(CC(=O)OCC)OC(=O)OCC. The normalized spacial score (nSPS) is 11.7. The first-order chi connectivity index (χ1) is 7.63. The zero-order valence-electron chi connectivity index (χ0n) is 10.2. The second kappa shape index (κ2) is 9.00. The lowest BCUT2D eigenvalue weighted by Crippen LogP contribution is -2.23. The molecule has 0 N–H and O–H groups in total. The Morgan fingerprint density at radius 2 is 1.69 bits per heavy atom. The molecule has 0 aliphatic carbocycles. The van der Waals surface area contributed by atoms with E-state index in [0.29, 0.717) is 13.0 Å². The van der Waals surface area contributed by atoms with Crippen LogP contribution in [0.2, 0.25) is 0 Å². The van der Waals surface area contributed by atoms with Crippen molar-refractivity contribution in [2.24, 2.45) is 0 Å². The molecule has 0 amide bonds. The molecule has 0 heterocycles. The Hall–Kier alpha value is -1.26. The summed E-state index contributed by atoms with van der Waals surface area (Å²) in [6.07, 6.45) is 0.343. The molecule has 0 radical (unpaired) electrons. The Balaban J connectivity index is 4.05. The van der Waals surface area contributed by atoms with Crippen molar-refractivity contribution in [1.29, 1.82) is 0 Å². The quantitative estimate of drug-likeness (QED) is 0.630. The Labute approximate surface area is 96.1 Å². The molecule has 5 nitrogen and oxygen atoms in total. The summed E-state index contributed by atoms with van der Waals surface area (Å²) in [5, 5.41) is 0. The van der Waals surface area contributed by atoms with Crippen LogP contribution in [0.1, 0.15) is 40.0 Å². The number of esters is 1. The van der Waals surface area contributed by atoms with Gasteiger partial charge in [0.05, 0.1) is 19.6 Å². The average Bonchev–Trinajstić information content (AvgIpc) is 2.18. The largest absolute Gasteiger partial charge is 0.508 e. The molecule has 0 saturated carbocycles. The highest BCUT2D eigenvalue weighted by atomic mass is 16.7. The summed E-state index contributed by atoms with van der Waals surface area (Å²) in [5.41, 5.74) is 0. The second-order valence-corrected chi connectivity index (χ2v) is 3.22. The van der Waals surface area contributed by atoms with Crippen molar-refractivity contribution in [3.63, 3.8) is 0 Å². The fourth-order valence-electron chi connectivity index (χ4n) is 1.22. The molecule has 1 atom stereocenters. The van der Waals surface area contributed by atoms with Gasteiger partial charge in [0.1, 0.15) is 6.10 Å². The van der Waals surface area contributed by atoms with E-state index in [1.54, 1.807) is 13.8 Å². The standard InChI is InChI=1S/C11H20O5/c1-4-7-9(8-10(12)14-5-2)16-11(13)15-6-3/h9H,4-8H2,1-3H3. The Morgan fingerprint density at radius 3 is 2.19 bits per heavy atom. The fourth-order valence-corrected chi connectivity index (χ4v) is 1.22. The molecule has 0 aromatic rings. The molecule has 16 heavy (non-hydrogen) atoms. The molecule has 0 aliphatic heterocycles. The summed E-state index contributed by atoms with van der Waals surface area (Å²) in [7, 11) is 0. The van der Waals surface area contributed by atoms with Crippen LogP contribution in [0.3, 0.4) is 0 Å². The van der Waals surface area contributed by atoms with E-state index in [2.05, 4.69) is 4.74 Å². The zero-order valence-corrected chi connectivity index (χ0v) is 10.2. The molecule has 0 bridgehead atoms. The van der Waals surface area contributed by atoms with E-state index >= 15 is 0 Å². The van der Waals surface area contributed by atoms with Gasteiger partial charge < -0.3 is 14.2 Å². The maximum Gasteiger partial charge on any atom is 0.508 e. The van der Waals surface area contributed by atoms with Crippen LogP contribution in [-0.2, 0) is 19.0 Å². The van der Waals surface area contributed by atoms with Crippen molar-refractivity contribution in [2.45, 2.75) is 46.1 Å². The summed E-state index contributed by atoms with van der Waals surface area (Å²) < 4.78 is 14.4. The van der Waals surface area contributed by atoms with E-state index in [-0.39, 0.29) is 19.0 Å². The number of carbonyl (C=O) groups is 2. The highest BCUT2D eigenvalue weighted by Crippen LogP contribution is 2.09. The molecule has 0 aliphatic rings. The minimum absolute atomic E-state index is 0.0838. The van der Waals surface area contributed by atoms with Gasteiger partial charge in [0.15, 0.2) is 0 Å². The molecule has 5 heteroatoms. The van der Waals surface area contributed by atoms with Gasteiger partial charge in [-0.3, -0.25) is 4.79 Å². The van der Waals surface area contributed by atoms with Gasteiger partial charge in [0, 0.05) is 0 Å². The van der Waals surface area contributed by atoms with E-state index in [1.807, 2.05) is 6.92 Å². The van der Waals surface area contributed by atoms with Crippen molar-refractivity contribution in [3.05, 3.63) is 0 Å². The average molecular weight is 232 g/mol. The van der Waals surface area contributed by atoms with E-state index in [4.69, 9.17) is 9.47 Å². The third kappa shape index (κ3) is 7.09. The second-order valence-electron chi connectivity index (χ2n) is 3.22. The first-order valence-electron chi connectivity index (χ1n) is 5.63. The number of hydrogen-bond donors (Lipinski definition) is 0. The molecule has 0 fully saturated rings. The predicted molar refractivity (Wildman–Crippen MR) is 58.1 cm³/mol. The third-order valence-corrected chi connectivity index (χ3v) is 1.84. The minimum atomic E-state index is -0.731. The lowest BCUT2D eigenvalue weighted by molar-refractivity contribution is -0.145. The van der Waals surface area contributed by atoms with Gasteiger partial charge in [-0.15, -0.1) is 0 Å². The maximum absolute atomic E-state index is 11.2. The van der Waals surface area contributed by atoms with Gasteiger partial charge in [-0.05, 0) is 20.3 Å². The van der Waals surface area contributed by atoms with Crippen molar-refractivity contribution >= 4 is 12.1 Å². The highest BCUT2D eigenvalue weighted by molar-refractivity contribution is 5.70. The molecule has 0 saturated heterocycles. The van der Waals surface area contributed by atoms with Crippen molar-refractivity contribution < 1.29 is 23.8 Å². The van der Waals surface area contributed by atoms with Crippen LogP contribution in [0.15, 0.2) is 0 Å². The maximum atomic E-state index is 11.2. The lowest BCUT2D eigenvalue weighted by Gasteiger charge is -2.15. The topological polar surface area (TPSA) is 61.8 Å². The first-order valence-corrected chi connectivity index (χ1v) is 5.63. The summed E-state index contributed by atoms with van der Waals surface area (Å²) in [4.78, 5) is 22.3. The van der Waals surface area contributed by atoms with Gasteiger partial charge in [-0.25, -0.2) is 4.79 Å². The monoisotopic (exact) mass is 232 g/mol. The molecule has 0 aromatic heterocycles. The van der Waals surface area contributed by atoms with E-state index in [1.165, 1.54) is 0 Å². The van der Waals surface area contributed by atoms with E-state index in [0.717, 1.165) is 6.42 Å². The molecule has 0 rings (SSSR count). The van der Waals surface area contributed by atoms with Crippen LogP contribution < -0.4 is 0 Å². The lowest BCUT2D eigenvalue weighted by atomic mass is 10.1. The molecule has 1 unspecified atom stereocenters. The summed E-state index contributed by atoms with van der Waals surface area (Å²) in [5.74, 6) is -0.356. The third-order valence-electron chi connectivity index (χ3n) is 1.84. The molecule has 0 spiro atoms. The van der Waals surface area contributed by atoms with Crippen LogP contribution >= 0.6 is 0 Å². The van der Waals surface area contributed by atoms with Crippen molar-refractivity contribution in [2.75, 3.05) is 13.2 Å². The van der Waals surface area contributed by atoms with Gasteiger partial charge in [-0.2, -0.15) is 0 Å². The number of hydrogen-bond acceptors (Lipinski definition) is 5. The summed E-state index contributed by atoms with van der Waals surface area (Å²) >= 11 is 0. The van der Waals surface area contributed by atoms with Crippen LogP contribution in [0.4, 0.5) is 4.79 Å². The van der Waals surface area contributed by atoms with Gasteiger partial charge >= 0.3 is 12.1 Å². The smallest absolute Gasteiger partial charge is 0.466 e. The number of carbonyl (C=O) groups excluding carboxylic acids is 2. The predicted octanol–water partition coefficient (Wildman–Crippen LogP) is 2.28. The van der Waals surface area contributed by atoms with E-state index in [9.17, 15) is 9.59 Å². The Kier molecular flexibility index (Phi) is 8.29. The van der Waals surface area contributed by atoms with Gasteiger partial charge in [-0.1, -0.05) is 13.3 Å². The van der Waals surface area contributed by atoms with E-state index < -0.39 is 12.3 Å². The van der Waals surface area contributed by atoms with Gasteiger partial charge in [0.2, 0.25) is 0 Å².